The number of amides is 1. The van der Waals surface area contributed by atoms with E-state index >= 15 is 0 Å². The van der Waals surface area contributed by atoms with Crippen LogP contribution >= 0.6 is 23.5 Å². The number of carbonyl (C=O) groups is 1. The largest absolute Gasteiger partial charge is 0.286 e. The van der Waals surface area contributed by atoms with Gasteiger partial charge in [-0.05, 0) is 18.0 Å². The average molecular weight is 214 g/mol. The van der Waals surface area contributed by atoms with E-state index in [4.69, 9.17) is 5.41 Å². The number of hydrogen-bond acceptors (Lipinski definition) is 5. The zero-order valence-electron chi connectivity index (χ0n) is 6.77. The predicted molar refractivity (Wildman–Crippen MR) is 55.2 cm³/mol. The van der Waals surface area contributed by atoms with Crippen molar-refractivity contribution in [2.75, 3.05) is 6.26 Å². The summed E-state index contributed by atoms with van der Waals surface area (Å²) >= 11 is 2.81. The van der Waals surface area contributed by atoms with E-state index in [2.05, 4.69) is 10.1 Å². The Bertz CT molecular complexity index is 349. The van der Waals surface area contributed by atoms with Crippen molar-refractivity contribution in [1.82, 2.24) is 5.01 Å². The fourth-order valence-corrected chi connectivity index (χ4v) is 2.34. The van der Waals surface area contributed by atoms with Crippen molar-refractivity contribution in [2.45, 2.75) is 6.42 Å². The van der Waals surface area contributed by atoms with Crippen LogP contribution in [0, 0.1) is 5.41 Å². The first-order valence-electron chi connectivity index (χ1n) is 3.50. The Hall–Kier alpha value is -0.820. The fraction of sp³-hybridized carbons (Fsp3) is 0.333. The molecule has 13 heavy (non-hydrogen) atoms. The summed E-state index contributed by atoms with van der Waals surface area (Å²) in [6, 6.07) is 0. The monoisotopic (exact) mass is 214 g/mol. The lowest BCUT2D eigenvalue weighted by Gasteiger charge is -2.17. The van der Waals surface area contributed by atoms with Gasteiger partial charge in [-0.3, -0.25) is 10.2 Å². The van der Waals surface area contributed by atoms with Gasteiger partial charge in [-0.15, -0.1) is 11.8 Å². The molecular formula is C6H6N4OS2. The van der Waals surface area contributed by atoms with Gasteiger partial charge in [0.05, 0.1) is 6.42 Å². The molecule has 5 nitrogen and oxygen atoms in total. The fourth-order valence-electron chi connectivity index (χ4n) is 0.959. The second kappa shape index (κ2) is 3.15. The van der Waals surface area contributed by atoms with Gasteiger partial charge in [0.25, 0.3) is 5.91 Å². The molecule has 2 aliphatic rings. The molecule has 0 atom stereocenters. The lowest BCUT2D eigenvalue weighted by molar-refractivity contribution is -0.117. The highest BCUT2D eigenvalue weighted by molar-refractivity contribution is 8.45. The van der Waals surface area contributed by atoms with Crippen molar-refractivity contribution in [1.29, 1.82) is 5.41 Å². The molecule has 68 valence electrons. The second-order valence-electron chi connectivity index (χ2n) is 2.40. The summed E-state index contributed by atoms with van der Waals surface area (Å²) in [5.41, 5.74) is 0. The molecule has 1 N–H and O–H groups in total. The number of carbonyl (C=O) groups excluding carboxylic acids is 1. The maximum Gasteiger partial charge on any atom is 0.255 e. The molecule has 0 bridgehead atoms. The van der Waals surface area contributed by atoms with E-state index in [9.17, 15) is 4.79 Å². The summed E-state index contributed by atoms with van der Waals surface area (Å²) in [6.45, 7) is 0. The Morgan fingerprint density at radius 1 is 1.69 bits per heavy atom. The average Bonchev–Trinajstić information content (AvgIpc) is 2.47. The van der Waals surface area contributed by atoms with Gasteiger partial charge in [0.2, 0.25) is 5.17 Å². The smallest absolute Gasteiger partial charge is 0.255 e. The maximum atomic E-state index is 11.0. The molecule has 0 fully saturated rings. The van der Waals surface area contributed by atoms with Crippen LogP contribution in [0.15, 0.2) is 10.1 Å². The minimum atomic E-state index is -0.263. The lowest BCUT2D eigenvalue weighted by atomic mass is 10.3. The molecule has 0 aliphatic carbocycles. The number of hydrogen-bond donors (Lipinski definition) is 1. The van der Waals surface area contributed by atoms with Crippen LogP contribution < -0.4 is 0 Å². The summed E-state index contributed by atoms with van der Waals surface area (Å²) < 4.78 is 0.818. The van der Waals surface area contributed by atoms with Crippen molar-refractivity contribution in [3.8, 4) is 0 Å². The highest BCUT2D eigenvalue weighted by atomic mass is 32.2. The molecule has 0 saturated heterocycles. The van der Waals surface area contributed by atoms with Crippen LogP contribution in [0.5, 0.6) is 0 Å². The maximum absolute atomic E-state index is 11.0. The normalized spacial score (nSPS) is 21.5. The molecular weight excluding hydrogens is 208 g/mol. The van der Waals surface area contributed by atoms with E-state index in [1.54, 1.807) is 0 Å². The molecule has 2 aliphatic heterocycles. The summed E-state index contributed by atoms with van der Waals surface area (Å²) in [5, 5.41) is 13.5. The quantitative estimate of drug-likeness (QED) is 0.651. The van der Waals surface area contributed by atoms with E-state index in [0.29, 0.717) is 5.17 Å². The van der Waals surface area contributed by atoms with Crippen LogP contribution in [0.4, 0.5) is 0 Å². The standard InChI is InChI=1S/C6H6N4OS2/c1-12-6-9-10-3(7)2-4(11)8-5(10)13-6/h7H,2H2,1H3. The zero-order valence-corrected chi connectivity index (χ0v) is 8.41. The molecule has 0 aromatic carbocycles. The highest BCUT2D eigenvalue weighted by Gasteiger charge is 2.31. The third kappa shape index (κ3) is 1.49. The van der Waals surface area contributed by atoms with Crippen molar-refractivity contribution in [3.63, 3.8) is 0 Å². The zero-order chi connectivity index (χ0) is 9.42. The Morgan fingerprint density at radius 3 is 3.15 bits per heavy atom. The minimum Gasteiger partial charge on any atom is -0.286 e. The van der Waals surface area contributed by atoms with Gasteiger partial charge in [0.1, 0.15) is 5.84 Å². The molecule has 0 spiro atoms. The van der Waals surface area contributed by atoms with Gasteiger partial charge in [0.15, 0.2) is 4.38 Å². The molecule has 0 aromatic rings. The Kier molecular flexibility index (Phi) is 2.12. The molecule has 7 heteroatoms. The molecule has 0 unspecified atom stereocenters. The van der Waals surface area contributed by atoms with Crippen molar-refractivity contribution in [3.05, 3.63) is 0 Å². The molecule has 1 amide bonds. The third-order valence-electron chi connectivity index (χ3n) is 1.51. The van der Waals surface area contributed by atoms with Gasteiger partial charge in [-0.25, -0.2) is 0 Å². The van der Waals surface area contributed by atoms with E-state index < -0.39 is 0 Å². The molecule has 2 rings (SSSR count). The van der Waals surface area contributed by atoms with Crippen LogP contribution in [0.3, 0.4) is 0 Å². The minimum absolute atomic E-state index is 0.0508. The third-order valence-corrected chi connectivity index (χ3v) is 3.39. The van der Waals surface area contributed by atoms with E-state index in [1.165, 1.54) is 28.5 Å². The number of fused-ring (bicyclic) bond motifs is 1. The first-order valence-corrected chi connectivity index (χ1v) is 5.54. The number of thioether (sulfide) groups is 2. The van der Waals surface area contributed by atoms with Gasteiger partial charge in [-0.2, -0.15) is 15.1 Å². The lowest BCUT2D eigenvalue weighted by Crippen LogP contribution is -2.33. The van der Waals surface area contributed by atoms with Crippen LogP contribution in [0.25, 0.3) is 0 Å². The molecule has 0 radical (unpaired) electrons. The number of nitrogens with zero attached hydrogens (tertiary/aromatic N) is 3. The van der Waals surface area contributed by atoms with E-state index in [0.717, 1.165) is 4.38 Å². The van der Waals surface area contributed by atoms with Crippen LogP contribution in [-0.2, 0) is 4.79 Å². The van der Waals surface area contributed by atoms with Crippen LogP contribution in [0.1, 0.15) is 6.42 Å². The van der Waals surface area contributed by atoms with E-state index in [1.807, 2.05) is 6.26 Å². The van der Waals surface area contributed by atoms with Gasteiger partial charge in [-0.1, -0.05) is 0 Å². The van der Waals surface area contributed by atoms with Gasteiger partial charge >= 0.3 is 0 Å². The topological polar surface area (TPSA) is 68.9 Å². The SMILES string of the molecule is CSC1=NN2C(=N)CC(=O)N=C2S1. The number of aliphatic imine (C=N–C) groups is 1. The first kappa shape index (κ1) is 8.76. The molecule has 0 saturated carbocycles. The number of hydrazone groups is 1. The summed E-state index contributed by atoms with van der Waals surface area (Å²) in [6.07, 6.45) is 1.95. The Morgan fingerprint density at radius 2 is 2.46 bits per heavy atom. The highest BCUT2D eigenvalue weighted by Crippen LogP contribution is 2.29. The summed E-state index contributed by atoms with van der Waals surface area (Å²) in [5.74, 6) is -0.0622. The molecule has 0 aromatic heterocycles. The second-order valence-corrected chi connectivity index (χ2v) is 4.40. The van der Waals surface area contributed by atoms with Gasteiger partial charge < -0.3 is 0 Å². The predicted octanol–water partition coefficient (Wildman–Crippen LogP) is 0.933. The van der Waals surface area contributed by atoms with Crippen LogP contribution in [-0.4, -0.2) is 32.6 Å². The number of rotatable bonds is 0. The van der Waals surface area contributed by atoms with E-state index in [-0.39, 0.29) is 18.2 Å². The Labute approximate surface area is 83.2 Å². The number of amidine groups is 2. The Balaban J connectivity index is 2.32. The summed E-state index contributed by atoms with van der Waals surface area (Å²) in [4.78, 5) is 14.8. The van der Waals surface area contributed by atoms with Crippen LogP contribution in [0.2, 0.25) is 0 Å². The van der Waals surface area contributed by atoms with Crippen molar-refractivity contribution < 1.29 is 4.79 Å². The van der Waals surface area contributed by atoms with Crippen molar-refractivity contribution in [2.24, 2.45) is 10.1 Å². The summed E-state index contributed by atoms with van der Waals surface area (Å²) in [7, 11) is 0. The molecule has 2 heterocycles. The van der Waals surface area contributed by atoms with Gasteiger partial charge in [0, 0.05) is 0 Å². The number of nitrogens with one attached hydrogen (secondary N) is 1. The first-order chi connectivity index (χ1) is 6.20. The van der Waals surface area contributed by atoms with Crippen molar-refractivity contribution >= 4 is 44.8 Å².